The average Bonchev–Trinajstić information content (AvgIpc) is 2.76. The molecule has 1 fully saturated rings. The SMILES string of the molecule is O=C(CN1CCc2ccccc2C1C(=O)N1CCCCC1)Nc1ccc(Cl)cc1F. The molecular weight excluding hydrogens is 405 g/mol. The summed E-state index contributed by atoms with van der Waals surface area (Å²) in [4.78, 5) is 30.0. The second-order valence-electron chi connectivity index (χ2n) is 7.88. The molecule has 2 heterocycles. The molecule has 7 heteroatoms. The van der Waals surface area contributed by atoms with Gasteiger partial charge >= 0.3 is 0 Å². The lowest BCUT2D eigenvalue weighted by Gasteiger charge is -2.39. The summed E-state index contributed by atoms with van der Waals surface area (Å²) in [5, 5.41) is 2.88. The molecule has 0 saturated carbocycles. The van der Waals surface area contributed by atoms with E-state index in [2.05, 4.69) is 5.32 Å². The summed E-state index contributed by atoms with van der Waals surface area (Å²) in [6.45, 7) is 2.12. The quantitative estimate of drug-likeness (QED) is 0.798. The van der Waals surface area contributed by atoms with Crippen LogP contribution in [-0.2, 0) is 16.0 Å². The molecule has 2 aromatic carbocycles. The molecule has 2 aromatic rings. The summed E-state index contributed by atoms with van der Waals surface area (Å²) >= 11 is 5.78. The Morgan fingerprint density at radius 3 is 2.60 bits per heavy atom. The number of benzene rings is 2. The van der Waals surface area contributed by atoms with E-state index in [1.165, 1.54) is 12.1 Å². The van der Waals surface area contributed by atoms with Crippen LogP contribution >= 0.6 is 11.6 Å². The van der Waals surface area contributed by atoms with Gasteiger partial charge in [-0.25, -0.2) is 4.39 Å². The van der Waals surface area contributed by atoms with Gasteiger partial charge in [-0.05, 0) is 55.0 Å². The number of halogens is 2. The van der Waals surface area contributed by atoms with Crippen LogP contribution in [0.5, 0.6) is 0 Å². The van der Waals surface area contributed by atoms with Crippen molar-refractivity contribution in [3.63, 3.8) is 0 Å². The van der Waals surface area contributed by atoms with E-state index in [4.69, 9.17) is 11.6 Å². The summed E-state index contributed by atoms with van der Waals surface area (Å²) in [5.74, 6) is -0.889. The molecule has 0 spiro atoms. The first-order valence-corrected chi connectivity index (χ1v) is 10.8. The first-order valence-electron chi connectivity index (χ1n) is 10.4. The Morgan fingerprint density at radius 1 is 1.07 bits per heavy atom. The van der Waals surface area contributed by atoms with E-state index >= 15 is 0 Å². The van der Waals surface area contributed by atoms with Gasteiger partial charge < -0.3 is 10.2 Å². The second-order valence-corrected chi connectivity index (χ2v) is 8.32. The van der Waals surface area contributed by atoms with Crippen molar-refractivity contribution in [2.24, 2.45) is 0 Å². The average molecular weight is 430 g/mol. The van der Waals surface area contributed by atoms with Gasteiger partial charge in [-0.15, -0.1) is 0 Å². The van der Waals surface area contributed by atoms with Crippen molar-refractivity contribution in [3.8, 4) is 0 Å². The van der Waals surface area contributed by atoms with Crippen LogP contribution in [0.4, 0.5) is 10.1 Å². The second kappa shape index (κ2) is 9.14. The zero-order valence-electron chi connectivity index (χ0n) is 16.7. The number of anilines is 1. The van der Waals surface area contributed by atoms with Crippen LogP contribution in [-0.4, -0.2) is 47.8 Å². The summed E-state index contributed by atoms with van der Waals surface area (Å²) in [6, 6.07) is 11.6. The number of hydrogen-bond acceptors (Lipinski definition) is 3. The van der Waals surface area contributed by atoms with Crippen molar-refractivity contribution in [2.75, 3.05) is 31.5 Å². The maximum atomic E-state index is 14.1. The van der Waals surface area contributed by atoms with Crippen LogP contribution < -0.4 is 5.32 Å². The molecule has 2 aliphatic rings. The monoisotopic (exact) mass is 429 g/mol. The van der Waals surface area contributed by atoms with E-state index in [1.807, 2.05) is 34.1 Å². The molecule has 0 aromatic heterocycles. The molecule has 1 atom stereocenters. The molecule has 2 amide bonds. The number of carbonyl (C=O) groups is 2. The third kappa shape index (κ3) is 4.50. The lowest BCUT2D eigenvalue weighted by atomic mass is 9.91. The number of nitrogens with zero attached hydrogens (tertiary/aromatic N) is 2. The lowest BCUT2D eigenvalue weighted by molar-refractivity contribution is -0.139. The number of piperidine rings is 1. The first kappa shape index (κ1) is 20.8. The molecule has 0 aliphatic carbocycles. The van der Waals surface area contributed by atoms with Gasteiger partial charge in [0.25, 0.3) is 0 Å². The molecule has 30 heavy (non-hydrogen) atoms. The molecule has 5 nitrogen and oxygen atoms in total. The molecule has 4 rings (SSSR count). The largest absolute Gasteiger partial charge is 0.341 e. The van der Waals surface area contributed by atoms with Crippen molar-refractivity contribution in [2.45, 2.75) is 31.7 Å². The van der Waals surface area contributed by atoms with Crippen LogP contribution in [0.3, 0.4) is 0 Å². The van der Waals surface area contributed by atoms with Crippen LogP contribution in [0.1, 0.15) is 36.4 Å². The van der Waals surface area contributed by atoms with Crippen LogP contribution in [0.15, 0.2) is 42.5 Å². The van der Waals surface area contributed by atoms with Gasteiger partial charge in [-0.1, -0.05) is 35.9 Å². The highest BCUT2D eigenvalue weighted by atomic mass is 35.5. The molecule has 0 bridgehead atoms. The number of amides is 2. The molecule has 1 saturated heterocycles. The van der Waals surface area contributed by atoms with Gasteiger partial charge in [0.05, 0.1) is 12.2 Å². The van der Waals surface area contributed by atoms with Crippen molar-refractivity contribution < 1.29 is 14.0 Å². The predicted molar refractivity (Wildman–Crippen MR) is 115 cm³/mol. The fourth-order valence-electron chi connectivity index (χ4n) is 4.33. The van der Waals surface area contributed by atoms with Crippen LogP contribution in [0, 0.1) is 5.82 Å². The third-order valence-electron chi connectivity index (χ3n) is 5.84. The Balaban J connectivity index is 1.54. The van der Waals surface area contributed by atoms with Gasteiger partial charge in [-0.2, -0.15) is 0 Å². The van der Waals surface area contributed by atoms with Crippen molar-refractivity contribution >= 4 is 29.1 Å². The fourth-order valence-corrected chi connectivity index (χ4v) is 4.49. The molecule has 2 aliphatic heterocycles. The van der Waals surface area contributed by atoms with Crippen molar-refractivity contribution in [1.29, 1.82) is 0 Å². The zero-order chi connectivity index (χ0) is 21.1. The van der Waals surface area contributed by atoms with Crippen molar-refractivity contribution in [3.05, 3.63) is 64.4 Å². The summed E-state index contributed by atoms with van der Waals surface area (Å²) in [6.07, 6.45) is 3.93. The van der Waals surface area contributed by atoms with Gasteiger partial charge in [-0.3, -0.25) is 14.5 Å². The minimum absolute atomic E-state index is 0.0145. The predicted octanol–water partition coefficient (Wildman–Crippen LogP) is 4.03. The van der Waals surface area contributed by atoms with E-state index < -0.39 is 11.9 Å². The van der Waals surface area contributed by atoms with E-state index in [-0.39, 0.29) is 29.1 Å². The Hall–Kier alpha value is -2.44. The van der Waals surface area contributed by atoms with Gasteiger partial charge in [0.2, 0.25) is 11.8 Å². The van der Waals surface area contributed by atoms with E-state index in [9.17, 15) is 14.0 Å². The Labute approximate surface area is 180 Å². The number of nitrogens with one attached hydrogen (secondary N) is 1. The lowest BCUT2D eigenvalue weighted by Crippen LogP contribution is -2.49. The number of hydrogen-bond donors (Lipinski definition) is 1. The van der Waals surface area contributed by atoms with Gasteiger partial charge in [0, 0.05) is 24.7 Å². The highest BCUT2D eigenvalue weighted by molar-refractivity contribution is 6.30. The summed E-state index contributed by atoms with van der Waals surface area (Å²) in [7, 11) is 0. The van der Waals surface area contributed by atoms with Gasteiger partial charge in [0.15, 0.2) is 0 Å². The summed E-state index contributed by atoms with van der Waals surface area (Å²) in [5.41, 5.74) is 2.19. The van der Waals surface area contributed by atoms with E-state index in [0.29, 0.717) is 6.54 Å². The Morgan fingerprint density at radius 2 is 1.83 bits per heavy atom. The number of rotatable bonds is 4. The third-order valence-corrected chi connectivity index (χ3v) is 6.07. The maximum absolute atomic E-state index is 14.1. The summed E-state index contributed by atoms with van der Waals surface area (Å²) < 4.78 is 14.1. The smallest absolute Gasteiger partial charge is 0.244 e. The van der Waals surface area contributed by atoms with Gasteiger partial charge in [0.1, 0.15) is 11.9 Å². The number of carbonyl (C=O) groups excluding carboxylic acids is 2. The van der Waals surface area contributed by atoms with Crippen molar-refractivity contribution in [1.82, 2.24) is 9.80 Å². The van der Waals surface area contributed by atoms with Crippen LogP contribution in [0.2, 0.25) is 5.02 Å². The molecular formula is C23H25ClFN3O2. The highest BCUT2D eigenvalue weighted by Crippen LogP contribution is 2.32. The van der Waals surface area contributed by atoms with E-state index in [0.717, 1.165) is 56.0 Å². The topological polar surface area (TPSA) is 52.7 Å². The number of likely N-dealkylation sites (tertiary alicyclic amines) is 1. The van der Waals surface area contributed by atoms with E-state index in [1.54, 1.807) is 0 Å². The first-order chi connectivity index (χ1) is 14.5. The highest BCUT2D eigenvalue weighted by Gasteiger charge is 2.36. The normalized spacial score (nSPS) is 19.3. The molecule has 158 valence electrons. The maximum Gasteiger partial charge on any atom is 0.244 e. The fraction of sp³-hybridized carbons (Fsp3) is 0.391. The Kier molecular flexibility index (Phi) is 6.35. The minimum atomic E-state index is -0.583. The minimum Gasteiger partial charge on any atom is -0.341 e. The number of fused-ring (bicyclic) bond motifs is 1. The standard InChI is InChI=1S/C23H25ClFN3O2/c24-17-8-9-20(19(25)14-17)26-21(29)15-28-13-10-16-6-2-3-7-18(16)22(28)23(30)27-11-4-1-5-12-27/h2-3,6-9,14,22H,1,4-5,10-13,15H2,(H,26,29). The molecule has 1 N–H and O–H groups in total. The molecule has 1 unspecified atom stereocenters. The zero-order valence-corrected chi connectivity index (χ0v) is 17.5. The van der Waals surface area contributed by atoms with Crippen LogP contribution in [0.25, 0.3) is 0 Å². The Bertz CT molecular complexity index is 946. The molecule has 0 radical (unpaired) electrons.